The van der Waals surface area contributed by atoms with Gasteiger partial charge in [0.1, 0.15) is 5.71 Å². The second-order valence-corrected chi connectivity index (χ2v) is 2.54. The standard InChI is InChI=1S/C7H11N3O3/c8-2-1-4-7(12)13-6(10-4)5(11)3-9/h6H,1-3,8-9H2. The minimum atomic E-state index is -1.04. The lowest BCUT2D eigenvalue weighted by atomic mass is 10.3. The minimum absolute atomic E-state index is 0.183. The fourth-order valence-corrected chi connectivity index (χ4v) is 0.932. The molecule has 72 valence electrons. The van der Waals surface area contributed by atoms with Crippen molar-refractivity contribution in [1.82, 2.24) is 0 Å². The van der Waals surface area contributed by atoms with Crippen molar-refractivity contribution in [2.45, 2.75) is 12.6 Å². The van der Waals surface area contributed by atoms with Crippen molar-refractivity contribution in [2.75, 3.05) is 13.1 Å². The van der Waals surface area contributed by atoms with E-state index in [2.05, 4.69) is 9.73 Å². The lowest BCUT2D eigenvalue weighted by molar-refractivity contribution is -0.144. The zero-order chi connectivity index (χ0) is 9.84. The molecule has 0 amide bonds. The topological polar surface area (TPSA) is 108 Å². The molecule has 1 aliphatic rings. The number of nitrogens with two attached hydrogens (primary N) is 2. The van der Waals surface area contributed by atoms with E-state index in [1.165, 1.54) is 0 Å². The average Bonchev–Trinajstić information content (AvgIpc) is 2.47. The number of ketones is 1. The number of cyclic esters (lactones) is 1. The third-order valence-electron chi connectivity index (χ3n) is 1.59. The Kier molecular flexibility index (Phi) is 3.10. The van der Waals surface area contributed by atoms with Crippen LogP contribution in [-0.4, -0.2) is 36.8 Å². The highest BCUT2D eigenvalue weighted by Gasteiger charge is 2.30. The first kappa shape index (κ1) is 9.82. The Morgan fingerprint density at radius 1 is 1.54 bits per heavy atom. The van der Waals surface area contributed by atoms with E-state index in [1.54, 1.807) is 0 Å². The summed E-state index contributed by atoms with van der Waals surface area (Å²) in [6, 6.07) is 0. The Labute approximate surface area is 74.9 Å². The molecular weight excluding hydrogens is 174 g/mol. The van der Waals surface area contributed by atoms with Crippen LogP contribution in [0.4, 0.5) is 0 Å². The minimum Gasteiger partial charge on any atom is -0.428 e. The molecule has 0 aliphatic carbocycles. The van der Waals surface area contributed by atoms with Gasteiger partial charge in [0.2, 0.25) is 5.78 Å². The van der Waals surface area contributed by atoms with Crippen molar-refractivity contribution < 1.29 is 14.3 Å². The van der Waals surface area contributed by atoms with Gasteiger partial charge in [0.15, 0.2) is 0 Å². The number of carbonyl (C=O) groups is 2. The summed E-state index contributed by atoms with van der Waals surface area (Å²) in [5.41, 5.74) is 10.5. The molecule has 0 aromatic rings. The number of rotatable bonds is 4. The quantitative estimate of drug-likeness (QED) is 0.502. The summed E-state index contributed by atoms with van der Waals surface area (Å²) < 4.78 is 4.65. The molecule has 4 N–H and O–H groups in total. The van der Waals surface area contributed by atoms with E-state index in [-0.39, 0.29) is 12.3 Å². The lowest BCUT2D eigenvalue weighted by Gasteiger charge is -2.01. The molecule has 1 heterocycles. The second kappa shape index (κ2) is 4.11. The van der Waals surface area contributed by atoms with Crippen molar-refractivity contribution in [3.05, 3.63) is 0 Å². The highest BCUT2D eigenvalue weighted by molar-refractivity contribution is 6.38. The molecule has 0 aromatic carbocycles. The van der Waals surface area contributed by atoms with Crippen molar-refractivity contribution in [1.29, 1.82) is 0 Å². The molecule has 1 unspecified atom stereocenters. The van der Waals surface area contributed by atoms with Crippen LogP contribution < -0.4 is 11.5 Å². The fraction of sp³-hybridized carbons (Fsp3) is 0.571. The summed E-state index contributed by atoms with van der Waals surface area (Å²) in [4.78, 5) is 25.7. The number of ether oxygens (including phenoxy) is 1. The third-order valence-corrected chi connectivity index (χ3v) is 1.59. The maximum absolute atomic E-state index is 11.0. The zero-order valence-corrected chi connectivity index (χ0v) is 7.03. The van der Waals surface area contributed by atoms with Gasteiger partial charge in [0, 0.05) is 6.42 Å². The van der Waals surface area contributed by atoms with E-state index < -0.39 is 18.0 Å². The van der Waals surface area contributed by atoms with Gasteiger partial charge in [-0.25, -0.2) is 9.79 Å². The molecule has 1 rings (SSSR count). The Balaban J connectivity index is 2.65. The molecule has 6 nitrogen and oxygen atoms in total. The number of hydrogen-bond acceptors (Lipinski definition) is 6. The van der Waals surface area contributed by atoms with Crippen molar-refractivity contribution in [3.63, 3.8) is 0 Å². The number of nitrogens with zero attached hydrogens (tertiary/aromatic N) is 1. The van der Waals surface area contributed by atoms with Gasteiger partial charge in [-0.15, -0.1) is 0 Å². The number of carbonyl (C=O) groups excluding carboxylic acids is 2. The van der Waals surface area contributed by atoms with Gasteiger partial charge in [0.25, 0.3) is 6.23 Å². The predicted octanol–water partition coefficient (Wildman–Crippen LogP) is -1.81. The second-order valence-electron chi connectivity index (χ2n) is 2.54. The van der Waals surface area contributed by atoms with E-state index in [0.29, 0.717) is 13.0 Å². The van der Waals surface area contributed by atoms with Crippen molar-refractivity contribution in [3.8, 4) is 0 Å². The van der Waals surface area contributed by atoms with Crippen LogP contribution in [0.3, 0.4) is 0 Å². The predicted molar refractivity (Wildman–Crippen MR) is 45.0 cm³/mol. The molecule has 1 atom stereocenters. The zero-order valence-electron chi connectivity index (χ0n) is 7.03. The van der Waals surface area contributed by atoms with Crippen LogP contribution in [0.2, 0.25) is 0 Å². The van der Waals surface area contributed by atoms with E-state index in [4.69, 9.17) is 11.5 Å². The Hall–Kier alpha value is -1.27. The first-order valence-corrected chi connectivity index (χ1v) is 3.89. The van der Waals surface area contributed by atoms with E-state index >= 15 is 0 Å². The van der Waals surface area contributed by atoms with Crippen LogP contribution in [0.25, 0.3) is 0 Å². The van der Waals surface area contributed by atoms with Gasteiger partial charge in [-0.1, -0.05) is 0 Å². The van der Waals surface area contributed by atoms with Crippen LogP contribution in [0.1, 0.15) is 6.42 Å². The molecule has 0 radical (unpaired) electrons. The molecular formula is C7H11N3O3. The number of Topliss-reactive ketones (excluding diaryl/α,β-unsaturated/α-hetero) is 1. The monoisotopic (exact) mass is 185 g/mol. The Morgan fingerprint density at radius 2 is 2.23 bits per heavy atom. The van der Waals surface area contributed by atoms with Crippen molar-refractivity contribution >= 4 is 17.5 Å². The number of hydrogen-bond donors (Lipinski definition) is 2. The van der Waals surface area contributed by atoms with Gasteiger partial charge in [-0.3, -0.25) is 4.79 Å². The highest BCUT2D eigenvalue weighted by atomic mass is 16.6. The molecule has 0 saturated carbocycles. The van der Waals surface area contributed by atoms with Crippen molar-refractivity contribution in [2.24, 2.45) is 16.5 Å². The van der Waals surface area contributed by atoms with Gasteiger partial charge < -0.3 is 16.2 Å². The van der Waals surface area contributed by atoms with Gasteiger partial charge in [-0.05, 0) is 6.54 Å². The summed E-state index contributed by atoms with van der Waals surface area (Å²) in [5, 5.41) is 0. The molecule has 0 aromatic heterocycles. The van der Waals surface area contributed by atoms with Gasteiger partial charge in [-0.2, -0.15) is 0 Å². The Bertz CT molecular complexity index is 262. The Morgan fingerprint density at radius 3 is 2.77 bits per heavy atom. The molecule has 13 heavy (non-hydrogen) atoms. The molecule has 6 heteroatoms. The van der Waals surface area contributed by atoms with E-state index in [9.17, 15) is 9.59 Å². The average molecular weight is 185 g/mol. The SMILES string of the molecule is NCCC1=NC(C(=O)CN)OC1=O. The first-order chi connectivity index (χ1) is 6.19. The third kappa shape index (κ3) is 2.10. The number of aliphatic imine (C=N–C) groups is 1. The van der Waals surface area contributed by atoms with E-state index in [0.717, 1.165) is 0 Å². The van der Waals surface area contributed by atoms with Gasteiger partial charge >= 0.3 is 5.97 Å². The van der Waals surface area contributed by atoms with Crippen LogP contribution in [-0.2, 0) is 14.3 Å². The summed E-state index contributed by atoms with van der Waals surface area (Å²) >= 11 is 0. The maximum atomic E-state index is 11.0. The smallest absolute Gasteiger partial charge is 0.354 e. The van der Waals surface area contributed by atoms with Crippen LogP contribution >= 0.6 is 0 Å². The first-order valence-electron chi connectivity index (χ1n) is 3.89. The molecule has 0 spiro atoms. The van der Waals surface area contributed by atoms with Gasteiger partial charge in [0.05, 0.1) is 6.54 Å². The molecule has 0 bridgehead atoms. The maximum Gasteiger partial charge on any atom is 0.354 e. The summed E-state index contributed by atoms with van der Waals surface area (Å²) in [7, 11) is 0. The lowest BCUT2D eigenvalue weighted by Crippen LogP contribution is -2.27. The van der Waals surface area contributed by atoms with Crippen LogP contribution in [0, 0.1) is 0 Å². The fourth-order valence-electron chi connectivity index (χ4n) is 0.932. The molecule has 0 saturated heterocycles. The van der Waals surface area contributed by atoms with Crippen LogP contribution in [0.15, 0.2) is 4.99 Å². The highest BCUT2D eigenvalue weighted by Crippen LogP contribution is 2.08. The summed E-state index contributed by atoms with van der Waals surface area (Å²) in [6.45, 7) is 0.120. The molecule has 0 fully saturated rings. The summed E-state index contributed by atoms with van der Waals surface area (Å²) in [6.07, 6.45) is -0.716. The largest absolute Gasteiger partial charge is 0.428 e. The van der Waals surface area contributed by atoms with Crippen LogP contribution in [0.5, 0.6) is 0 Å². The normalized spacial score (nSPS) is 21.2. The van der Waals surface area contributed by atoms with E-state index in [1.807, 2.05) is 0 Å². The molecule has 1 aliphatic heterocycles. The number of esters is 1. The summed E-state index contributed by atoms with van der Waals surface area (Å²) in [5.74, 6) is -0.974.